The first-order valence-electron chi connectivity index (χ1n) is 41.2. The van der Waals surface area contributed by atoms with Crippen molar-refractivity contribution in [1.29, 1.82) is 0 Å². The molecule has 0 bridgehead atoms. The van der Waals surface area contributed by atoms with E-state index in [0.29, 0.717) is 137 Å². The standard InChI is InChI=1S/C25H27NO5.C24H25N3O5.C23H24BrNO5.C23H24N2O7/c1-16-13-19(27)24-20(28)14-22(30-12-6-9-17-7-4-3-5-8-17)23(25(24)31-16)18-10-11-26(2)15-21(18)29;1-13-9-17(28)23-18(29)10-20(31-12-21-25-15-5-3-4-6-16(15)26-21)22(24(23)32-13)14-7-8-27(2)11-19(14)30;1-13-9-17(26)22-18(27)10-20(29-12-14-5-3-4-6-16(14)24)21(23(22)30-13)15-7-8-25(2)11-19(15)28;1-13-9-17(26)22-18(27)10-20(31-12-14-3-5-15(6-4-14)25(29)30)21(23(22)32-13)16-7-8-24(2)11-19(16)28/h3-9,13-14,18,21,28-29H,10-12,15H2,1-2H3;3-6,9-10,14,19,29-30H,7-8,11-12H2,1-2H3,(H,25,26);3-6,9-10,15,19,27-28H,7-8,11-12H2,1-2H3;3-6,9-10,16,19,27-28H,7-8,11-12H2,1-2H3/b9-6+;;;. The van der Waals surface area contributed by atoms with Gasteiger partial charge in [0.1, 0.15) is 145 Å². The number of β-amino-alcohol motifs (C(OH)–C–C–N with tert-alkyl or cyclic N) is 4. The maximum atomic E-state index is 12.6. The summed E-state index contributed by atoms with van der Waals surface area (Å²) in [6.45, 7) is 12.5. The first-order valence-corrected chi connectivity index (χ1v) is 42.0. The number of nitro groups is 1. The van der Waals surface area contributed by atoms with E-state index in [1.54, 1.807) is 39.8 Å². The molecule has 29 nitrogen and oxygen atoms in total. The van der Waals surface area contributed by atoms with Crippen LogP contribution in [0, 0.1) is 37.8 Å². The van der Waals surface area contributed by atoms with E-state index in [0.717, 1.165) is 52.8 Å². The third-order valence-corrected chi connectivity index (χ3v) is 23.9. The van der Waals surface area contributed by atoms with Crippen LogP contribution in [-0.2, 0) is 19.8 Å². The number of para-hydroxylation sites is 2. The lowest BCUT2D eigenvalue weighted by Crippen LogP contribution is -2.40. The fourth-order valence-electron chi connectivity index (χ4n) is 17.1. The van der Waals surface area contributed by atoms with Crippen LogP contribution >= 0.6 is 15.9 Å². The largest absolute Gasteiger partial charge is 0.507 e. The Hall–Kier alpha value is -12.2. The average Bonchev–Trinajstić information content (AvgIpc) is 1.72. The van der Waals surface area contributed by atoms with Crippen molar-refractivity contribution in [3.8, 4) is 46.0 Å². The third kappa shape index (κ3) is 20.3. The van der Waals surface area contributed by atoms with Crippen LogP contribution in [-0.4, -0.2) is 187 Å². The number of aromatic hydroxyl groups is 4. The fourth-order valence-corrected chi connectivity index (χ4v) is 17.5. The number of fused-ring (bicyclic) bond motifs is 5. The van der Waals surface area contributed by atoms with Gasteiger partial charge in [0, 0.05) is 143 Å². The number of halogens is 1. The molecule has 17 rings (SSSR count). The van der Waals surface area contributed by atoms with Crippen molar-refractivity contribution < 1.29 is 82.4 Å². The molecule has 13 aromatic rings. The monoisotopic (exact) mass is 1770 g/mol. The summed E-state index contributed by atoms with van der Waals surface area (Å²) in [5.41, 5.74) is 6.57. The van der Waals surface area contributed by atoms with Crippen molar-refractivity contribution in [2.45, 2.75) is 121 Å². The van der Waals surface area contributed by atoms with E-state index in [1.165, 1.54) is 60.7 Å². The highest BCUT2D eigenvalue weighted by Gasteiger charge is 2.39. The van der Waals surface area contributed by atoms with Crippen LogP contribution in [0.25, 0.3) is 61.0 Å². The maximum absolute atomic E-state index is 12.6. The average molecular weight is 1770 g/mol. The van der Waals surface area contributed by atoms with E-state index in [1.807, 2.05) is 124 Å². The number of non-ortho nitro benzene ring substituents is 1. The molecule has 0 saturated carbocycles. The van der Waals surface area contributed by atoms with Gasteiger partial charge < -0.3 is 102 Å². The number of piperidine rings is 4. The molecule has 0 aliphatic carbocycles. The maximum Gasteiger partial charge on any atom is 0.269 e. The van der Waals surface area contributed by atoms with Gasteiger partial charge in [-0.1, -0.05) is 82.7 Å². The number of nitrogens with zero attached hydrogens (tertiary/aromatic N) is 6. The van der Waals surface area contributed by atoms with E-state index in [2.05, 4.69) is 40.6 Å². The van der Waals surface area contributed by atoms with E-state index in [-0.39, 0.29) is 139 Å². The van der Waals surface area contributed by atoms with Crippen LogP contribution in [0.4, 0.5) is 5.69 Å². The first kappa shape index (κ1) is 89.1. The van der Waals surface area contributed by atoms with Gasteiger partial charge in [-0.3, -0.25) is 29.3 Å². The minimum absolute atomic E-state index is 0.0236. The number of aliphatic hydroxyl groups is 4. The second kappa shape index (κ2) is 38.9. The van der Waals surface area contributed by atoms with E-state index < -0.39 is 29.3 Å². The number of benzene rings is 8. The summed E-state index contributed by atoms with van der Waals surface area (Å²) >= 11 is 3.52. The second-order valence-corrected chi connectivity index (χ2v) is 33.4. The van der Waals surface area contributed by atoms with E-state index in [4.69, 9.17) is 36.6 Å². The van der Waals surface area contributed by atoms with Crippen molar-refractivity contribution in [2.75, 3.05) is 87.2 Å². The number of phenols is 4. The lowest BCUT2D eigenvalue weighted by Gasteiger charge is -2.34. The Balaban J connectivity index is 0.000000135. The van der Waals surface area contributed by atoms with Gasteiger partial charge in [-0.2, -0.15) is 0 Å². The number of ether oxygens (including phenoxy) is 4. The summed E-state index contributed by atoms with van der Waals surface area (Å²) in [6, 6.07) is 42.4. The molecule has 9 heterocycles. The molecule has 0 spiro atoms. The number of likely N-dealkylation sites (N-methyl/N-ethyl adjacent to an activating group) is 4. The molecule has 4 saturated heterocycles. The zero-order valence-electron chi connectivity index (χ0n) is 70.4. The van der Waals surface area contributed by atoms with E-state index in [9.17, 15) is 70.1 Å². The number of nitro benzene ring substituents is 1. The number of H-pyrrole nitrogens is 1. The van der Waals surface area contributed by atoms with Crippen LogP contribution in [0.15, 0.2) is 199 Å². The van der Waals surface area contributed by atoms with Crippen LogP contribution in [0.2, 0.25) is 0 Å². The molecule has 8 atom stereocenters. The number of aliphatic hydroxyl groups excluding tert-OH is 4. The summed E-state index contributed by atoms with van der Waals surface area (Å²) in [4.78, 5) is 76.7. The molecule has 30 heteroatoms. The molecular weight excluding hydrogens is 1670 g/mol. The van der Waals surface area contributed by atoms with Gasteiger partial charge in [0.25, 0.3) is 5.69 Å². The van der Waals surface area contributed by atoms with Crippen molar-refractivity contribution in [2.24, 2.45) is 0 Å². The Morgan fingerprint density at radius 1 is 0.464 bits per heavy atom. The van der Waals surface area contributed by atoms with Crippen molar-refractivity contribution in [1.82, 2.24) is 29.6 Å². The summed E-state index contributed by atoms with van der Waals surface area (Å²) in [5.74, 6) is 1.81. The molecule has 8 unspecified atom stereocenters. The van der Waals surface area contributed by atoms with Crippen LogP contribution in [0.3, 0.4) is 0 Å². The smallest absolute Gasteiger partial charge is 0.269 e. The number of aryl methyl sites for hydroxylation is 4. The highest BCUT2D eigenvalue weighted by atomic mass is 79.9. The minimum Gasteiger partial charge on any atom is -0.507 e. The summed E-state index contributed by atoms with van der Waals surface area (Å²) in [6.07, 6.45) is 3.82. The molecule has 4 aliphatic rings. The quantitative estimate of drug-likeness (QED) is 0.0284. The Labute approximate surface area is 726 Å². The number of hydrogen-bond acceptors (Lipinski definition) is 27. The van der Waals surface area contributed by atoms with Gasteiger partial charge in [-0.15, -0.1) is 0 Å². The lowest BCUT2D eigenvalue weighted by atomic mass is 9.85. The van der Waals surface area contributed by atoms with Crippen LogP contribution < -0.4 is 40.7 Å². The number of rotatable bonds is 18. The Morgan fingerprint density at radius 2 is 0.816 bits per heavy atom. The summed E-state index contributed by atoms with van der Waals surface area (Å²) < 4.78 is 48.8. The van der Waals surface area contributed by atoms with E-state index >= 15 is 0 Å². The van der Waals surface area contributed by atoms with Gasteiger partial charge in [0.15, 0.2) is 21.7 Å². The Morgan fingerprint density at radius 3 is 1.19 bits per heavy atom. The number of aromatic nitrogens is 2. The summed E-state index contributed by atoms with van der Waals surface area (Å²) in [5, 5.41) is 96.9. The fraction of sp³-hybridized carbons (Fsp3) is 0.337. The lowest BCUT2D eigenvalue weighted by molar-refractivity contribution is -0.384. The summed E-state index contributed by atoms with van der Waals surface area (Å²) in [7, 11) is 7.80. The number of imidazole rings is 1. The highest BCUT2D eigenvalue weighted by molar-refractivity contribution is 9.10. The number of phenolic OH excluding ortho intramolecular Hbond substituents is 4. The molecule has 4 aliphatic heterocycles. The second-order valence-electron chi connectivity index (χ2n) is 32.5. The molecule has 654 valence electrons. The molecule has 5 aromatic heterocycles. The first-order chi connectivity index (χ1) is 59.9. The molecule has 0 amide bonds. The highest BCUT2D eigenvalue weighted by Crippen LogP contribution is 2.48. The normalized spacial score (nSPS) is 19.6. The Bertz CT molecular complexity index is 6380. The number of likely N-dealkylation sites (tertiary alicyclic amines) is 4. The van der Waals surface area contributed by atoms with Crippen molar-refractivity contribution in [3.63, 3.8) is 0 Å². The van der Waals surface area contributed by atoms with Gasteiger partial charge in [-0.25, -0.2) is 4.98 Å². The van der Waals surface area contributed by atoms with Gasteiger partial charge in [-0.05, 0) is 155 Å². The minimum atomic E-state index is -0.714. The van der Waals surface area contributed by atoms with Crippen LogP contribution in [0.5, 0.6) is 46.0 Å². The van der Waals surface area contributed by atoms with Gasteiger partial charge in [0.2, 0.25) is 0 Å². The Kier molecular flexibility index (Phi) is 27.7. The van der Waals surface area contributed by atoms with Gasteiger partial charge >= 0.3 is 0 Å². The zero-order chi connectivity index (χ0) is 88.8. The topological polar surface area (TPSA) is 404 Å². The van der Waals surface area contributed by atoms with Crippen molar-refractivity contribution in [3.05, 3.63) is 281 Å². The molecule has 125 heavy (non-hydrogen) atoms. The number of nitrogens with one attached hydrogen (secondary N) is 1. The molecule has 4 fully saturated rings. The predicted octanol–water partition coefficient (Wildman–Crippen LogP) is 13.7. The molecule has 9 N–H and O–H groups in total. The molecule has 8 aromatic carbocycles. The third-order valence-electron chi connectivity index (χ3n) is 23.2. The SMILES string of the molecule is Cc1cc(=O)c2c(O)cc(OC/C=C/c3ccccc3)c(C3CCN(C)CC3O)c2o1.Cc1cc(=O)c2c(O)cc(OCc3ccc([N+](=O)[O-])cc3)c(C3CCN(C)CC3O)c2o1.Cc1cc(=O)c2c(O)cc(OCc3ccccc3Br)c(C3CCN(C)CC3O)c2o1.Cc1cc(=O)c2c(O)cc(OCc3nc4ccccc4[nH]3)c(C3CCN(C)CC3O)c2o1. The molecule has 0 radical (unpaired) electrons. The molecular formula is C95H100BrN7O22. The zero-order valence-corrected chi connectivity index (χ0v) is 72.0. The number of hydrogen-bond donors (Lipinski definition) is 9. The van der Waals surface area contributed by atoms with Crippen molar-refractivity contribution >= 4 is 82.6 Å². The number of aromatic amines is 1. The van der Waals surface area contributed by atoms with Gasteiger partial charge in [0.05, 0.1) is 40.4 Å². The predicted molar refractivity (Wildman–Crippen MR) is 476 cm³/mol. The van der Waals surface area contributed by atoms with Crippen LogP contribution in [0.1, 0.15) is 117 Å².